The first kappa shape index (κ1) is 13.7. The molecule has 3 aromatic carbocycles. The van der Waals surface area contributed by atoms with Gasteiger partial charge in [-0.05, 0) is 41.8 Å². The second kappa shape index (κ2) is 5.98. The molecule has 0 atom stereocenters. The number of aliphatic imine (C=N–C) groups is 1. The third-order valence-corrected chi connectivity index (χ3v) is 3.57. The quantitative estimate of drug-likeness (QED) is 0.605. The van der Waals surface area contributed by atoms with Crippen molar-refractivity contribution >= 4 is 34.3 Å². The first-order chi connectivity index (χ1) is 10.3. The highest BCUT2D eigenvalue weighted by Crippen LogP contribution is 2.28. The number of methoxy groups -OCH3 is 1. The fraction of sp³-hybridized carbons (Fsp3) is 0.0556. The second-order valence-corrected chi connectivity index (χ2v) is 5.07. The van der Waals surface area contributed by atoms with Gasteiger partial charge in [0.15, 0.2) is 0 Å². The topological polar surface area (TPSA) is 21.6 Å². The summed E-state index contributed by atoms with van der Waals surface area (Å²) in [7, 11) is 1.68. The van der Waals surface area contributed by atoms with E-state index < -0.39 is 0 Å². The van der Waals surface area contributed by atoms with Crippen LogP contribution in [0.15, 0.2) is 65.7 Å². The van der Waals surface area contributed by atoms with Crippen molar-refractivity contribution in [1.29, 1.82) is 0 Å². The van der Waals surface area contributed by atoms with E-state index in [0.29, 0.717) is 5.02 Å². The fourth-order valence-electron chi connectivity index (χ4n) is 2.26. The van der Waals surface area contributed by atoms with Crippen LogP contribution in [-0.4, -0.2) is 13.3 Å². The molecule has 0 aliphatic carbocycles. The van der Waals surface area contributed by atoms with Gasteiger partial charge < -0.3 is 4.74 Å². The lowest BCUT2D eigenvalue weighted by Gasteiger charge is -2.07. The Bertz CT molecular complexity index is 794. The Kier molecular flexibility index (Phi) is 3.89. The first-order valence-electron chi connectivity index (χ1n) is 6.63. The first-order valence-corrected chi connectivity index (χ1v) is 7.01. The van der Waals surface area contributed by atoms with Crippen LogP contribution in [0.1, 0.15) is 5.56 Å². The van der Waals surface area contributed by atoms with E-state index >= 15 is 0 Å². The maximum atomic E-state index is 5.87. The average molecular weight is 296 g/mol. The molecule has 0 heterocycles. The van der Waals surface area contributed by atoms with Crippen LogP contribution in [0.4, 0.5) is 5.69 Å². The van der Waals surface area contributed by atoms with Gasteiger partial charge in [-0.25, -0.2) is 0 Å². The lowest BCUT2D eigenvalue weighted by Crippen LogP contribution is -1.89. The van der Waals surface area contributed by atoms with Crippen LogP contribution in [0.25, 0.3) is 10.8 Å². The minimum Gasteiger partial charge on any atom is -0.496 e. The third kappa shape index (κ3) is 2.91. The summed E-state index contributed by atoms with van der Waals surface area (Å²) in [5.74, 6) is 0.870. The van der Waals surface area contributed by atoms with Crippen molar-refractivity contribution in [2.24, 2.45) is 4.99 Å². The SMILES string of the molecule is COc1ccc(C=Nc2ccc(Cl)cc2)c2ccccc12. The molecule has 0 saturated carbocycles. The lowest BCUT2D eigenvalue weighted by atomic mass is 10.0. The zero-order valence-electron chi connectivity index (χ0n) is 11.6. The third-order valence-electron chi connectivity index (χ3n) is 3.32. The Morgan fingerprint density at radius 3 is 2.33 bits per heavy atom. The molecule has 0 aliphatic heterocycles. The molecule has 3 rings (SSSR count). The number of rotatable bonds is 3. The number of hydrogen-bond acceptors (Lipinski definition) is 2. The largest absolute Gasteiger partial charge is 0.496 e. The molecule has 0 N–H and O–H groups in total. The molecule has 0 aliphatic rings. The molecule has 3 heteroatoms. The maximum absolute atomic E-state index is 5.87. The van der Waals surface area contributed by atoms with E-state index in [-0.39, 0.29) is 0 Å². The minimum atomic E-state index is 0.712. The molecule has 104 valence electrons. The van der Waals surface area contributed by atoms with Crippen LogP contribution in [-0.2, 0) is 0 Å². The number of halogens is 1. The molecule has 3 aromatic rings. The van der Waals surface area contributed by atoms with E-state index in [9.17, 15) is 0 Å². The highest BCUT2D eigenvalue weighted by Gasteiger charge is 2.04. The predicted octanol–water partition coefficient (Wildman–Crippen LogP) is 5.25. The lowest BCUT2D eigenvalue weighted by molar-refractivity contribution is 0.420. The van der Waals surface area contributed by atoms with Crippen molar-refractivity contribution in [3.8, 4) is 5.75 Å². The summed E-state index contributed by atoms with van der Waals surface area (Å²) < 4.78 is 5.40. The maximum Gasteiger partial charge on any atom is 0.126 e. The van der Waals surface area contributed by atoms with Gasteiger partial charge in [0.1, 0.15) is 5.75 Å². The van der Waals surface area contributed by atoms with Crippen LogP contribution in [0.5, 0.6) is 5.75 Å². The minimum absolute atomic E-state index is 0.712. The predicted molar refractivity (Wildman–Crippen MR) is 89.2 cm³/mol. The summed E-state index contributed by atoms with van der Waals surface area (Å²) in [6, 6.07) is 19.6. The summed E-state index contributed by atoms with van der Waals surface area (Å²) >= 11 is 5.87. The van der Waals surface area contributed by atoms with Crippen molar-refractivity contribution in [1.82, 2.24) is 0 Å². The van der Waals surface area contributed by atoms with Crippen molar-refractivity contribution in [2.45, 2.75) is 0 Å². The molecule has 0 radical (unpaired) electrons. The molecule has 0 amide bonds. The summed E-state index contributed by atoms with van der Waals surface area (Å²) in [6.45, 7) is 0. The van der Waals surface area contributed by atoms with Gasteiger partial charge in [-0.2, -0.15) is 0 Å². The Balaban J connectivity index is 2.03. The Hall–Kier alpha value is -2.32. The summed E-state index contributed by atoms with van der Waals surface area (Å²) in [4.78, 5) is 4.50. The van der Waals surface area contributed by atoms with Crippen molar-refractivity contribution in [2.75, 3.05) is 7.11 Å². The molecular formula is C18H14ClNO. The molecule has 21 heavy (non-hydrogen) atoms. The van der Waals surface area contributed by atoms with Crippen molar-refractivity contribution in [3.05, 3.63) is 71.2 Å². The zero-order valence-corrected chi connectivity index (χ0v) is 12.3. The van der Waals surface area contributed by atoms with Gasteiger partial charge in [0, 0.05) is 22.2 Å². The van der Waals surface area contributed by atoms with Crippen LogP contribution >= 0.6 is 11.6 Å². The highest BCUT2D eigenvalue weighted by molar-refractivity contribution is 6.30. The molecule has 0 saturated heterocycles. The summed E-state index contributed by atoms with van der Waals surface area (Å²) in [6.07, 6.45) is 1.87. The zero-order chi connectivity index (χ0) is 14.7. The van der Waals surface area contributed by atoms with Crippen LogP contribution < -0.4 is 4.74 Å². The Morgan fingerprint density at radius 2 is 1.62 bits per heavy atom. The van der Waals surface area contributed by atoms with Gasteiger partial charge in [-0.15, -0.1) is 0 Å². The van der Waals surface area contributed by atoms with Gasteiger partial charge >= 0.3 is 0 Å². The molecule has 0 spiro atoms. The second-order valence-electron chi connectivity index (χ2n) is 4.64. The summed E-state index contributed by atoms with van der Waals surface area (Å²) in [5.41, 5.74) is 1.93. The number of ether oxygens (including phenoxy) is 1. The highest BCUT2D eigenvalue weighted by atomic mass is 35.5. The number of benzene rings is 3. The molecule has 2 nitrogen and oxygen atoms in total. The molecular weight excluding hydrogens is 282 g/mol. The van der Waals surface area contributed by atoms with E-state index in [0.717, 1.165) is 27.8 Å². The van der Waals surface area contributed by atoms with E-state index in [4.69, 9.17) is 16.3 Å². The van der Waals surface area contributed by atoms with Gasteiger partial charge in [0.25, 0.3) is 0 Å². The molecule has 0 fully saturated rings. The van der Waals surface area contributed by atoms with Crippen LogP contribution in [0.2, 0.25) is 5.02 Å². The van der Waals surface area contributed by atoms with E-state index in [1.807, 2.05) is 60.8 Å². The van der Waals surface area contributed by atoms with E-state index in [2.05, 4.69) is 11.1 Å². The molecule has 0 aromatic heterocycles. The van der Waals surface area contributed by atoms with Crippen LogP contribution in [0, 0.1) is 0 Å². The molecule has 0 unspecified atom stereocenters. The smallest absolute Gasteiger partial charge is 0.126 e. The summed E-state index contributed by atoms with van der Waals surface area (Å²) in [5, 5.41) is 2.92. The van der Waals surface area contributed by atoms with Gasteiger partial charge in [0.05, 0.1) is 12.8 Å². The number of hydrogen-bond donors (Lipinski definition) is 0. The van der Waals surface area contributed by atoms with Gasteiger partial charge in [-0.3, -0.25) is 4.99 Å². The van der Waals surface area contributed by atoms with E-state index in [1.165, 1.54) is 0 Å². The van der Waals surface area contributed by atoms with Gasteiger partial charge in [-0.1, -0.05) is 35.9 Å². The fourth-order valence-corrected chi connectivity index (χ4v) is 2.38. The number of nitrogens with zero attached hydrogens (tertiary/aromatic N) is 1. The average Bonchev–Trinajstić information content (AvgIpc) is 2.54. The van der Waals surface area contributed by atoms with Crippen LogP contribution in [0.3, 0.4) is 0 Å². The molecule has 0 bridgehead atoms. The Morgan fingerprint density at radius 1 is 0.905 bits per heavy atom. The Labute approximate surface area is 128 Å². The van der Waals surface area contributed by atoms with Crippen molar-refractivity contribution < 1.29 is 4.74 Å². The van der Waals surface area contributed by atoms with Crippen molar-refractivity contribution in [3.63, 3.8) is 0 Å². The number of fused-ring (bicyclic) bond motifs is 1. The normalized spacial score (nSPS) is 11.1. The van der Waals surface area contributed by atoms with E-state index in [1.54, 1.807) is 7.11 Å². The van der Waals surface area contributed by atoms with Gasteiger partial charge in [0.2, 0.25) is 0 Å². The monoisotopic (exact) mass is 295 g/mol. The standard InChI is InChI=1S/C18H14ClNO/c1-21-18-11-6-13(16-4-2-3-5-17(16)18)12-20-15-9-7-14(19)8-10-15/h2-12H,1H3.